The Hall–Kier alpha value is -2.97. The van der Waals surface area contributed by atoms with Crippen LogP contribution in [-0.2, 0) is 27.3 Å². The van der Waals surface area contributed by atoms with Crippen LogP contribution in [0.5, 0.6) is 0 Å². The number of ether oxygens (including phenoxy) is 2. The molecule has 0 bridgehead atoms. The molecule has 2 aromatic rings. The lowest BCUT2D eigenvalue weighted by atomic mass is 10.1. The molecule has 7 nitrogen and oxygen atoms in total. The number of carbonyl (C=O) groups excluding carboxylic acids is 2. The number of carbonyl (C=O) groups is 2. The Kier molecular flexibility index (Phi) is 10.0. The van der Waals surface area contributed by atoms with Gasteiger partial charge in [-0.25, -0.2) is 9.18 Å². The molecular weight excluding hydrogens is 449 g/mol. The van der Waals surface area contributed by atoms with Crippen LogP contribution in [0.3, 0.4) is 0 Å². The predicted molar refractivity (Wildman–Crippen MR) is 132 cm³/mol. The standard InChI is InChI=1S/C27H36FN3O4/c1-3-34-20(2)25(29)26(32)31-16-7-10-24(31)18-30(17-15-21-11-13-23(28)14-12-21)27(33)35-19-22-8-5-4-6-9-22/h4-6,8-9,11-14,20,24-25H,3,7,10,15-19,29H2,1-2H3/t20-,24?,25+/m1/s1. The fourth-order valence-corrected chi connectivity index (χ4v) is 4.31. The number of benzene rings is 2. The molecule has 0 saturated carbocycles. The normalized spacial score (nSPS) is 17.1. The summed E-state index contributed by atoms with van der Waals surface area (Å²) in [6, 6.07) is 14.8. The first-order valence-corrected chi connectivity index (χ1v) is 12.3. The second-order valence-electron chi connectivity index (χ2n) is 8.88. The quantitative estimate of drug-likeness (QED) is 0.524. The Balaban J connectivity index is 1.68. The smallest absolute Gasteiger partial charge is 0.410 e. The number of nitrogens with two attached hydrogens (primary N) is 1. The molecule has 0 aromatic heterocycles. The van der Waals surface area contributed by atoms with Gasteiger partial charge in [0, 0.05) is 32.3 Å². The lowest BCUT2D eigenvalue weighted by molar-refractivity contribution is -0.137. The summed E-state index contributed by atoms with van der Waals surface area (Å²) in [6.45, 7) is 5.64. The SMILES string of the molecule is CCO[C@H](C)[C@H](N)C(=O)N1CCCC1CN(CCc1ccc(F)cc1)C(=O)OCc1ccccc1. The second-order valence-corrected chi connectivity index (χ2v) is 8.88. The molecule has 3 rings (SSSR count). The monoisotopic (exact) mass is 485 g/mol. The van der Waals surface area contributed by atoms with Gasteiger partial charge >= 0.3 is 6.09 Å². The summed E-state index contributed by atoms with van der Waals surface area (Å²) in [5.41, 5.74) is 8.00. The molecule has 1 aliphatic rings. The maximum atomic E-state index is 13.3. The Morgan fingerprint density at radius 3 is 2.54 bits per heavy atom. The molecule has 1 fully saturated rings. The van der Waals surface area contributed by atoms with Crippen molar-refractivity contribution < 1.29 is 23.5 Å². The van der Waals surface area contributed by atoms with Gasteiger partial charge in [0.1, 0.15) is 18.5 Å². The molecule has 8 heteroatoms. The van der Waals surface area contributed by atoms with Crippen molar-refractivity contribution in [1.82, 2.24) is 9.80 Å². The van der Waals surface area contributed by atoms with Gasteiger partial charge in [-0.2, -0.15) is 0 Å². The van der Waals surface area contributed by atoms with E-state index in [1.54, 1.807) is 28.9 Å². The lowest BCUT2D eigenvalue weighted by Gasteiger charge is -2.33. The first-order chi connectivity index (χ1) is 16.9. The maximum Gasteiger partial charge on any atom is 0.410 e. The summed E-state index contributed by atoms with van der Waals surface area (Å²) in [4.78, 5) is 29.6. The minimum Gasteiger partial charge on any atom is -0.445 e. The topological polar surface area (TPSA) is 85.1 Å². The van der Waals surface area contributed by atoms with Gasteiger partial charge in [-0.15, -0.1) is 0 Å². The van der Waals surface area contributed by atoms with Gasteiger partial charge in [0.2, 0.25) is 5.91 Å². The van der Waals surface area contributed by atoms with Crippen molar-refractivity contribution in [1.29, 1.82) is 0 Å². The maximum absolute atomic E-state index is 13.3. The fourth-order valence-electron chi connectivity index (χ4n) is 4.31. The zero-order valence-corrected chi connectivity index (χ0v) is 20.6. The minimum absolute atomic E-state index is 0.153. The molecule has 1 aliphatic heterocycles. The van der Waals surface area contributed by atoms with Crippen molar-refractivity contribution in [2.45, 2.75) is 57.9 Å². The van der Waals surface area contributed by atoms with Crippen LogP contribution in [0, 0.1) is 5.82 Å². The van der Waals surface area contributed by atoms with E-state index in [4.69, 9.17) is 15.2 Å². The van der Waals surface area contributed by atoms with Gasteiger partial charge in [-0.1, -0.05) is 42.5 Å². The number of rotatable bonds is 11. The van der Waals surface area contributed by atoms with Crippen LogP contribution < -0.4 is 5.73 Å². The van der Waals surface area contributed by atoms with E-state index in [0.29, 0.717) is 32.7 Å². The molecule has 0 spiro atoms. The largest absolute Gasteiger partial charge is 0.445 e. The number of amides is 2. The van der Waals surface area contributed by atoms with Gasteiger partial charge < -0.3 is 25.0 Å². The highest BCUT2D eigenvalue weighted by Crippen LogP contribution is 2.21. The van der Waals surface area contributed by atoms with E-state index >= 15 is 0 Å². The highest BCUT2D eigenvalue weighted by molar-refractivity contribution is 5.83. The fraction of sp³-hybridized carbons (Fsp3) is 0.481. The molecule has 2 N–H and O–H groups in total. The molecule has 0 aliphatic carbocycles. The van der Waals surface area contributed by atoms with E-state index in [9.17, 15) is 14.0 Å². The first-order valence-electron chi connectivity index (χ1n) is 12.3. The molecule has 1 heterocycles. The average molecular weight is 486 g/mol. The molecule has 1 saturated heterocycles. The third kappa shape index (κ3) is 7.77. The Bertz CT molecular complexity index is 941. The van der Waals surface area contributed by atoms with E-state index in [0.717, 1.165) is 24.0 Å². The third-order valence-corrected chi connectivity index (χ3v) is 6.36. The van der Waals surface area contributed by atoms with Gasteiger partial charge in [-0.3, -0.25) is 4.79 Å². The third-order valence-electron chi connectivity index (χ3n) is 6.36. The van der Waals surface area contributed by atoms with E-state index in [2.05, 4.69) is 0 Å². The van der Waals surface area contributed by atoms with Gasteiger partial charge in [0.25, 0.3) is 0 Å². The molecule has 1 unspecified atom stereocenters. The van der Waals surface area contributed by atoms with Gasteiger partial charge in [0.15, 0.2) is 0 Å². The minimum atomic E-state index is -0.756. The van der Waals surface area contributed by atoms with Crippen molar-refractivity contribution >= 4 is 12.0 Å². The Labute approximate surface area is 207 Å². The van der Waals surface area contributed by atoms with Gasteiger partial charge in [0.05, 0.1) is 6.10 Å². The first kappa shape index (κ1) is 26.6. The number of hydrogen-bond donors (Lipinski definition) is 1. The lowest BCUT2D eigenvalue weighted by Crippen LogP contribution is -2.54. The number of halogens is 1. The van der Waals surface area contributed by atoms with Crippen LogP contribution in [0.1, 0.15) is 37.8 Å². The van der Waals surface area contributed by atoms with Crippen molar-refractivity contribution in [3.05, 3.63) is 71.5 Å². The van der Waals surface area contributed by atoms with E-state index in [1.165, 1.54) is 12.1 Å². The summed E-state index contributed by atoms with van der Waals surface area (Å²) >= 11 is 0. The summed E-state index contributed by atoms with van der Waals surface area (Å²) in [5, 5.41) is 0. The van der Waals surface area contributed by atoms with Crippen molar-refractivity contribution in [2.24, 2.45) is 5.73 Å². The van der Waals surface area contributed by atoms with Crippen LogP contribution in [0.15, 0.2) is 54.6 Å². The van der Waals surface area contributed by atoms with Crippen molar-refractivity contribution in [3.8, 4) is 0 Å². The molecule has 190 valence electrons. The van der Waals surface area contributed by atoms with Crippen LogP contribution in [0.4, 0.5) is 9.18 Å². The van der Waals surface area contributed by atoms with Crippen LogP contribution in [0.2, 0.25) is 0 Å². The molecule has 2 aromatic carbocycles. The number of hydrogen-bond acceptors (Lipinski definition) is 5. The van der Waals surface area contributed by atoms with Crippen LogP contribution in [0.25, 0.3) is 0 Å². The Morgan fingerprint density at radius 1 is 1.14 bits per heavy atom. The van der Waals surface area contributed by atoms with Crippen LogP contribution in [-0.4, -0.2) is 66.2 Å². The second kappa shape index (κ2) is 13.2. The summed E-state index contributed by atoms with van der Waals surface area (Å²) in [6.07, 6.45) is 1.33. The van der Waals surface area contributed by atoms with E-state index in [1.807, 2.05) is 37.3 Å². The molecule has 2 amide bonds. The molecular formula is C27H36FN3O4. The summed E-state index contributed by atoms with van der Waals surface area (Å²) < 4.78 is 24.4. The van der Waals surface area contributed by atoms with Crippen LogP contribution >= 0.6 is 0 Å². The highest BCUT2D eigenvalue weighted by atomic mass is 19.1. The zero-order valence-electron chi connectivity index (χ0n) is 20.6. The highest BCUT2D eigenvalue weighted by Gasteiger charge is 2.35. The van der Waals surface area contributed by atoms with E-state index in [-0.39, 0.29) is 30.5 Å². The Morgan fingerprint density at radius 2 is 1.86 bits per heavy atom. The van der Waals surface area contributed by atoms with Gasteiger partial charge in [-0.05, 0) is 56.4 Å². The molecule has 0 radical (unpaired) electrons. The van der Waals surface area contributed by atoms with Crippen molar-refractivity contribution in [2.75, 3.05) is 26.2 Å². The number of likely N-dealkylation sites (tertiary alicyclic amines) is 1. The molecule has 3 atom stereocenters. The zero-order chi connectivity index (χ0) is 25.2. The molecule has 35 heavy (non-hydrogen) atoms. The summed E-state index contributed by atoms with van der Waals surface area (Å²) in [5.74, 6) is -0.463. The van der Waals surface area contributed by atoms with Crippen molar-refractivity contribution in [3.63, 3.8) is 0 Å². The summed E-state index contributed by atoms with van der Waals surface area (Å²) in [7, 11) is 0. The number of nitrogens with zero attached hydrogens (tertiary/aromatic N) is 2. The predicted octanol–water partition coefficient (Wildman–Crippen LogP) is 3.75. The average Bonchev–Trinajstić information content (AvgIpc) is 3.34. The van der Waals surface area contributed by atoms with E-state index < -0.39 is 12.1 Å².